The number of nitrogens with two attached hydrogens (primary N) is 1. The fraction of sp³-hybridized carbons (Fsp3) is 0.250. The van der Waals surface area contributed by atoms with Crippen LogP contribution in [0.2, 0.25) is 0 Å². The predicted molar refractivity (Wildman–Crippen MR) is 65.0 cm³/mol. The Morgan fingerprint density at radius 3 is 2.81 bits per heavy atom. The molecule has 2 N–H and O–H groups in total. The standard InChI is InChI=1S/C12H11FN2S/c1-3-7-4-6(2)10(13)11-9(7)8(5-14)12(15)16-11/h4H,3,15H2,1-2H3. The molecular weight excluding hydrogens is 223 g/mol. The van der Waals surface area contributed by atoms with Crippen molar-refractivity contribution in [3.63, 3.8) is 0 Å². The molecule has 0 bridgehead atoms. The topological polar surface area (TPSA) is 49.8 Å². The van der Waals surface area contributed by atoms with Crippen LogP contribution in [0.1, 0.15) is 23.6 Å². The zero-order valence-corrected chi connectivity index (χ0v) is 9.91. The van der Waals surface area contributed by atoms with Gasteiger partial charge in [-0.15, -0.1) is 11.3 Å². The summed E-state index contributed by atoms with van der Waals surface area (Å²) in [4.78, 5) is 0. The van der Waals surface area contributed by atoms with Crippen molar-refractivity contribution in [1.29, 1.82) is 5.26 Å². The molecule has 0 atom stereocenters. The van der Waals surface area contributed by atoms with Gasteiger partial charge in [0, 0.05) is 5.39 Å². The van der Waals surface area contributed by atoms with Crippen LogP contribution in [0.5, 0.6) is 0 Å². The molecule has 2 aromatic rings. The maximum Gasteiger partial charge on any atom is 0.144 e. The van der Waals surface area contributed by atoms with E-state index in [0.29, 0.717) is 26.2 Å². The lowest BCUT2D eigenvalue weighted by Crippen LogP contribution is -1.91. The van der Waals surface area contributed by atoms with E-state index in [1.54, 1.807) is 13.0 Å². The fourth-order valence-corrected chi connectivity index (χ4v) is 2.93. The molecule has 16 heavy (non-hydrogen) atoms. The van der Waals surface area contributed by atoms with Crippen molar-refractivity contribution in [2.45, 2.75) is 20.3 Å². The van der Waals surface area contributed by atoms with E-state index < -0.39 is 0 Å². The Morgan fingerprint density at radius 2 is 2.25 bits per heavy atom. The van der Waals surface area contributed by atoms with Crippen LogP contribution < -0.4 is 5.73 Å². The molecule has 1 aromatic heterocycles. The van der Waals surface area contributed by atoms with E-state index in [9.17, 15) is 4.39 Å². The lowest BCUT2D eigenvalue weighted by atomic mass is 10.0. The zero-order chi connectivity index (χ0) is 11.9. The largest absolute Gasteiger partial charge is 0.389 e. The monoisotopic (exact) mass is 234 g/mol. The highest BCUT2D eigenvalue weighted by molar-refractivity contribution is 7.23. The molecule has 0 saturated carbocycles. The van der Waals surface area contributed by atoms with Crippen LogP contribution in [-0.2, 0) is 6.42 Å². The van der Waals surface area contributed by atoms with Crippen LogP contribution in [-0.4, -0.2) is 0 Å². The number of benzene rings is 1. The third-order valence-electron chi connectivity index (χ3n) is 2.69. The number of nitrogen functional groups attached to an aromatic ring is 1. The van der Waals surface area contributed by atoms with Crippen molar-refractivity contribution in [1.82, 2.24) is 0 Å². The highest BCUT2D eigenvalue weighted by Gasteiger charge is 2.17. The molecule has 0 aliphatic carbocycles. The van der Waals surface area contributed by atoms with Gasteiger partial charge >= 0.3 is 0 Å². The average molecular weight is 234 g/mol. The van der Waals surface area contributed by atoms with Crippen molar-refractivity contribution in [2.24, 2.45) is 0 Å². The molecule has 2 nitrogen and oxygen atoms in total. The highest BCUT2D eigenvalue weighted by Crippen LogP contribution is 2.38. The molecule has 4 heteroatoms. The molecule has 0 amide bonds. The van der Waals surface area contributed by atoms with Gasteiger partial charge < -0.3 is 5.73 Å². The summed E-state index contributed by atoms with van der Waals surface area (Å²) in [6, 6.07) is 3.85. The maximum atomic E-state index is 13.9. The van der Waals surface area contributed by atoms with Gasteiger partial charge in [-0.25, -0.2) is 4.39 Å². The van der Waals surface area contributed by atoms with E-state index in [0.717, 1.165) is 23.3 Å². The Bertz CT molecular complexity index is 608. The van der Waals surface area contributed by atoms with Gasteiger partial charge in [-0.1, -0.05) is 13.0 Å². The van der Waals surface area contributed by atoms with Crippen LogP contribution in [0.15, 0.2) is 6.07 Å². The smallest absolute Gasteiger partial charge is 0.144 e. The molecule has 0 spiro atoms. The van der Waals surface area contributed by atoms with E-state index in [4.69, 9.17) is 11.0 Å². The number of rotatable bonds is 1. The third kappa shape index (κ3) is 1.36. The van der Waals surface area contributed by atoms with Crippen LogP contribution in [0.25, 0.3) is 10.1 Å². The molecule has 0 fully saturated rings. The van der Waals surface area contributed by atoms with Gasteiger partial charge in [-0.3, -0.25) is 0 Å². The molecule has 0 unspecified atom stereocenters. The zero-order valence-electron chi connectivity index (χ0n) is 9.10. The first-order valence-corrected chi connectivity index (χ1v) is 5.81. The molecule has 0 aliphatic rings. The summed E-state index contributed by atoms with van der Waals surface area (Å²) in [7, 11) is 0. The number of halogens is 1. The van der Waals surface area contributed by atoms with Crippen LogP contribution in [0.4, 0.5) is 9.39 Å². The molecule has 1 heterocycles. The molecular formula is C12H11FN2S. The summed E-state index contributed by atoms with van der Waals surface area (Å²) in [6.07, 6.45) is 0.766. The Hall–Kier alpha value is -1.60. The second kappa shape index (κ2) is 3.76. The van der Waals surface area contributed by atoms with Crippen molar-refractivity contribution in [3.8, 4) is 6.07 Å². The number of nitrogens with zero attached hydrogens (tertiary/aromatic N) is 1. The number of hydrogen-bond acceptors (Lipinski definition) is 3. The van der Waals surface area contributed by atoms with E-state index in [2.05, 4.69) is 6.07 Å². The Kier molecular flexibility index (Phi) is 2.56. The summed E-state index contributed by atoms with van der Waals surface area (Å²) in [5.74, 6) is -0.259. The molecule has 0 saturated heterocycles. The molecule has 82 valence electrons. The van der Waals surface area contributed by atoms with E-state index in [1.165, 1.54) is 0 Å². The minimum atomic E-state index is -0.259. The third-order valence-corrected chi connectivity index (χ3v) is 3.70. The minimum absolute atomic E-state index is 0.259. The van der Waals surface area contributed by atoms with E-state index >= 15 is 0 Å². The second-order valence-corrected chi connectivity index (χ2v) is 4.73. The number of aryl methyl sites for hydroxylation is 2. The molecule has 0 aliphatic heterocycles. The lowest BCUT2D eigenvalue weighted by Gasteiger charge is -2.04. The SMILES string of the molecule is CCc1cc(C)c(F)c2sc(N)c(C#N)c12. The van der Waals surface area contributed by atoms with Crippen molar-refractivity contribution >= 4 is 26.4 Å². The van der Waals surface area contributed by atoms with Gasteiger partial charge in [0.15, 0.2) is 0 Å². The number of nitriles is 1. The van der Waals surface area contributed by atoms with E-state index in [-0.39, 0.29) is 5.82 Å². The lowest BCUT2D eigenvalue weighted by molar-refractivity contribution is 0.632. The van der Waals surface area contributed by atoms with Gasteiger partial charge in [0.2, 0.25) is 0 Å². The van der Waals surface area contributed by atoms with Gasteiger partial charge in [-0.2, -0.15) is 5.26 Å². The van der Waals surface area contributed by atoms with Gasteiger partial charge in [0.25, 0.3) is 0 Å². The maximum absolute atomic E-state index is 13.9. The number of thiophene rings is 1. The van der Waals surface area contributed by atoms with E-state index in [1.807, 2.05) is 6.92 Å². The summed E-state index contributed by atoms with van der Waals surface area (Å²) in [5, 5.41) is 10.1. The summed E-state index contributed by atoms with van der Waals surface area (Å²) >= 11 is 1.15. The van der Waals surface area contributed by atoms with Gasteiger partial charge in [0.05, 0.1) is 10.3 Å². The number of fused-ring (bicyclic) bond motifs is 1. The summed E-state index contributed by atoms with van der Waals surface area (Å²) in [6.45, 7) is 3.72. The Labute approximate surface area is 97.1 Å². The van der Waals surface area contributed by atoms with Crippen LogP contribution >= 0.6 is 11.3 Å². The quantitative estimate of drug-likeness (QED) is 0.822. The normalized spacial score (nSPS) is 10.6. The Morgan fingerprint density at radius 1 is 1.56 bits per heavy atom. The number of anilines is 1. The van der Waals surface area contributed by atoms with Gasteiger partial charge in [0.1, 0.15) is 16.9 Å². The first-order valence-electron chi connectivity index (χ1n) is 5.00. The molecule has 0 radical (unpaired) electrons. The molecule has 2 rings (SSSR count). The van der Waals surface area contributed by atoms with Crippen molar-refractivity contribution in [2.75, 3.05) is 5.73 Å². The van der Waals surface area contributed by atoms with Crippen molar-refractivity contribution in [3.05, 3.63) is 28.6 Å². The van der Waals surface area contributed by atoms with Crippen LogP contribution in [0.3, 0.4) is 0 Å². The predicted octanol–water partition coefficient (Wildman–Crippen LogP) is 3.37. The first kappa shape index (κ1) is 10.9. The van der Waals surface area contributed by atoms with Gasteiger partial charge in [-0.05, 0) is 24.5 Å². The van der Waals surface area contributed by atoms with Crippen LogP contribution in [0, 0.1) is 24.1 Å². The minimum Gasteiger partial charge on any atom is -0.389 e. The van der Waals surface area contributed by atoms with Crippen molar-refractivity contribution < 1.29 is 4.39 Å². The molecule has 1 aromatic carbocycles. The number of hydrogen-bond donors (Lipinski definition) is 1. The average Bonchev–Trinajstić information content (AvgIpc) is 2.60. The second-order valence-electron chi connectivity index (χ2n) is 3.68. The summed E-state index contributed by atoms with van der Waals surface area (Å²) in [5.41, 5.74) is 7.74. The Balaban J connectivity index is 3.01. The summed E-state index contributed by atoms with van der Waals surface area (Å²) < 4.78 is 14.4. The fourth-order valence-electron chi connectivity index (χ4n) is 1.88. The first-order chi connectivity index (χ1) is 7.60. The highest BCUT2D eigenvalue weighted by atomic mass is 32.1.